The Labute approximate surface area is 116 Å². The van der Waals surface area contributed by atoms with Gasteiger partial charge in [0.25, 0.3) is 0 Å². The molecule has 0 aliphatic carbocycles. The molecule has 0 aliphatic rings. The molecule has 0 aliphatic heterocycles. The van der Waals surface area contributed by atoms with E-state index in [0.29, 0.717) is 6.42 Å². The first kappa shape index (κ1) is 15.4. The van der Waals surface area contributed by atoms with Crippen LogP contribution in [0.2, 0.25) is 0 Å². The molecule has 0 saturated carbocycles. The number of rotatable bonds is 7. The fourth-order valence-electron chi connectivity index (χ4n) is 1.53. The van der Waals surface area contributed by atoms with Crippen molar-refractivity contribution in [3.05, 3.63) is 35.0 Å². The number of carbonyl (C=O) groups excluding carboxylic acids is 2. The van der Waals surface area contributed by atoms with Crippen LogP contribution in [0.25, 0.3) is 0 Å². The summed E-state index contributed by atoms with van der Waals surface area (Å²) >= 11 is 1.47. The highest BCUT2D eigenvalue weighted by molar-refractivity contribution is 7.10. The summed E-state index contributed by atoms with van der Waals surface area (Å²) in [5.74, 6) is -0.682. The Hall–Kier alpha value is -1.66. The van der Waals surface area contributed by atoms with E-state index in [1.807, 2.05) is 17.5 Å². The third-order valence-corrected chi connectivity index (χ3v) is 3.54. The second-order valence-corrected chi connectivity index (χ2v) is 4.97. The smallest absolute Gasteiger partial charge is 0.307 e. The molecule has 5 nitrogen and oxygen atoms in total. The quantitative estimate of drug-likeness (QED) is 0.584. The number of nitrogens with one attached hydrogen (secondary N) is 1. The van der Waals surface area contributed by atoms with E-state index in [-0.39, 0.29) is 18.3 Å². The van der Waals surface area contributed by atoms with Gasteiger partial charge >= 0.3 is 5.97 Å². The molecule has 1 aromatic heterocycles. The molecule has 0 aromatic carbocycles. The first-order valence-electron chi connectivity index (χ1n) is 5.85. The summed E-state index contributed by atoms with van der Waals surface area (Å²) in [5, 5.41) is 4.65. The van der Waals surface area contributed by atoms with Crippen molar-refractivity contribution in [1.82, 2.24) is 5.32 Å². The Kier molecular flexibility index (Phi) is 6.24. The number of hydrogen-bond acceptors (Lipinski definition) is 5. The summed E-state index contributed by atoms with van der Waals surface area (Å²) < 4.78 is 4.64. The Balaban J connectivity index is 2.72. The summed E-state index contributed by atoms with van der Waals surface area (Å²) in [4.78, 5) is 24.1. The van der Waals surface area contributed by atoms with Gasteiger partial charge in [-0.3, -0.25) is 9.59 Å². The van der Waals surface area contributed by atoms with Crippen molar-refractivity contribution >= 4 is 23.2 Å². The van der Waals surface area contributed by atoms with Crippen LogP contribution in [-0.2, 0) is 14.3 Å². The van der Waals surface area contributed by atoms with Gasteiger partial charge in [-0.1, -0.05) is 12.1 Å². The number of amides is 1. The summed E-state index contributed by atoms with van der Waals surface area (Å²) in [6.45, 7) is 3.54. The molecule has 0 fully saturated rings. The van der Waals surface area contributed by atoms with Gasteiger partial charge in [-0.05, 0) is 17.9 Å². The van der Waals surface area contributed by atoms with Gasteiger partial charge in [0.2, 0.25) is 5.91 Å². The molecule has 1 heterocycles. The lowest BCUT2D eigenvalue weighted by molar-refractivity contribution is -0.141. The predicted octanol–water partition coefficient (Wildman–Crippen LogP) is 1.37. The van der Waals surface area contributed by atoms with E-state index in [9.17, 15) is 9.59 Å². The summed E-state index contributed by atoms with van der Waals surface area (Å²) in [6.07, 6.45) is 2.06. The van der Waals surface area contributed by atoms with Crippen LogP contribution < -0.4 is 11.1 Å². The molecule has 0 saturated heterocycles. The zero-order chi connectivity index (χ0) is 14.3. The summed E-state index contributed by atoms with van der Waals surface area (Å²) in [7, 11) is 1.32. The molecule has 6 heteroatoms. The SMILES string of the molecule is C=CCC(N)C(=O)NC(CC(=O)OC)c1cccs1. The highest BCUT2D eigenvalue weighted by atomic mass is 32.1. The number of ether oxygens (including phenoxy) is 1. The van der Waals surface area contributed by atoms with Crippen LogP contribution in [0.1, 0.15) is 23.8 Å². The van der Waals surface area contributed by atoms with Crippen LogP contribution >= 0.6 is 11.3 Å². The maximum Gasteiger partial charge on any atom is 0.307 e. The normalized spacial score (nSPS) is 13.4. The number of esters is 1. The van der Waals surface area contributed by atoms with Gasteiger partial charge in [-0.15, -0.1) is 17.9 Å². The van der Waals surface area contributed by atoms with Gasteiger partial charge in [-0.25, -0.2) is 0 Å². The van der Waals surface area contributed by atoms with Gasteiger partial charge in [0.1, 0.15) is 0 Å². The second-order valence-electron chi connectivity index (χ2n) is 3.99. The van der Waals surface area contributed by atoms with Crippen molar-refractivity contribution in [3.8, 4) is 0 Å². The van der Waals surface area contributed by atoms with Gasteiger partial charge in [-0.2, -0.15) is 0 Å². The minimum atomic E-state index is -0.655. The Bertz CT molecular complexity index is 431. The van der Waals surface area contributed by atoms with Crippen LogP contribution in [0.5, 0.6) is 0 Å². The van der Waals surface area contributed by atoms with E-state index in [4.69, 9.17) is 5.73 Å². The highest BCUT2D eigenvalue weighted by Crippen LogP contribution is 2.22. The molecule has 1 amide bonds. The van der Waals surface area contributed by atoms with E-state index >= 15 is 0 Å². The van der Waals surface area contributed by atoms with Gasteiger partial charge in [0.15, 0.2) is 0 Å². The van der Waals surface area contributed by atoms with Gasteiger partial charge < -0.3 is 15.8 Å². The van der Waals surface area contributed by atoms with Crippen molar-refractivity contribution in [1.29, 1.82) is 0 Å². The average molecular weight is 282 g/mol. The molecule has 2 atom stereocenters. The number of thiophene rings is 1. The molecule has 1 aromatic rings. The molecule has 0 spiro atoms. The lowest BCUT2D eigenvalue weighted by atomic mass is 10.1. The van der Waals surface area contributed by atoms with Crippen molar-refractivity contribution in [2.45, 2.75) is 24.9 Å². The Morgan fingerprint density at radius 3 is 2.89 bits per heavy atom. The summed E-state index contributed by atoms with van der Waals surface area (Å²) in [6, 6.07) is 2.66. The lowest BCUT2D eigenvalue weighted by Gasteiger charge is -2.18. The molecule has 104 valence electrons. The topological polar surface area (TPSA) is 81.4 Å². The van der Waals surface area contributed by atoms with E-state index in [2.05, 4.69) is 16.6 Å². The minimum absolute atomic E-state index is 0.0869. The van der Waals surface area contributed by atoms with Crippen molar-refractivity contribution in [2.24, 2.45) is 5.73 Å². The maximum atomic E-state index is 11.9. The highest BCUT2D eigenvalue weighted by Gasteiger charge is 2.22. The lowest BCUT2D eigenvalue weighted by Crippen LogP contribution is -2.42. The number of methoxy groups -OCH3 is 1. The zero-order valence-corrected chi connectivity index (χ0v) is 11.6. The molecule has 3 N–H and O–H groups in total. The van der Waals surface area contributed by atoms with Gasteiger partial charge in [0, 0.05) is 4.88 Å². The van der Waals surface area contributed by atoms with Crippen LogP contribution in [0.3, 0.4) is 0 Å². The second kappa shape index (κ2) is 7.70. The third kappa shape index (κ3) is 4.84. The fraction of sp³-hybridized carbons (Fsp3) is 0.385. The monoisotopic (exact) mass is 282 g/mol. The third-order valence-electron chi connectivity index (χ3n) is 2.56. The number of hydrogen-bond donors (Lipinski definition) is 2. The summed E-state index contributed by atoms with van der Waals surface area (Å²) in [5.41, 5.74) is 5.70. The first-order valence-corrected chi connectivity index (χ1v) is 6.73. The molecular weight excluding hydrogens is 264 g/mol. The predicted molar refractivity (Wildman–Crippen MR) is 74.6 cm³/mol. The van der Waals surface area contributed by atoms with E-state index in [1.165, 1.54) is 18.4 Å². The van der Waals surface area contributed by atoms with Crippen LogP contribution in [0, 0.1) is 0 Å². The van der Waals surface area contributed by atoms with Crippen molar-refractivity contribution in [2.75, 3.05) is 7.11 Å². The molecule has 0 bridgehead atoms. The average Bonchev–Trinajstić information content (AvgIpc) is 2.91. The van der Waals surface area contributed by atoms with Crippen LogP contribution in [0.4, 0.5) is 0 Å². The Morgan fingerprint density at radius 1 is 1.63 bits per heavy atom. The molecule has 2 unspecified atom stereocenters. The molecular formula is C13H18N2O3S. The number of carbonyl (C=O) groups is 2. The minimum Gasteiger partial charge on any atom is -0.469 e. The van der Waals surface area contributed by atoms with E-state index < -0.39 is 12.1 Å². The van der Waals surface area contributed by atoms with Crippen LogP contribution in [0.15, 0.2) is 30.2 Å². The zero-order valence-electron chi connectivity index (χ0n) is 10.8. The largest absolute Gasteiger partial charge is 0.469 e. The Morgan fingerprint density at radius 2 is 2.37 bits per heavy atom. The number of nitrogens with two attached hydrogens (primary N) is 1. The van der Waals surface area contributed by atoms with Gasteiger partial charge in [0.05, 0.1) is 25.6 Å². The van der Waals surface area contributed by atoms with E-state index in [0.717, 1.165) is 4.88 Å². The molecule has 1 rings (SSSR count). The molecule has 0 radical (unpaired) electrons. The molecule has 19 heavy (non-hydrogen) atoms. The van der Waals surface area contributed by atoms with Crippen LogP contribution in [-0.4, -0.2) is 25.0 Å². The fourth-order valence-corrected chi connectivity index (χ4v) is 2.31. The van der Waals surface area contributed by atoms with E-state index in [1.54, 1.807) is 6.08 Å². The van der Waals surface area contributed by atoms with Crippen molar-refractivity contribution < 1.29 is 14.3 Å². The first-order chi connectivity index (χ1) is 9.08. The standard InChI is InChI=1S/C13H18N2O3S/c1-3-5-9(14)13(17)15-10(8-12(16)18-2)11-6-4-7-19-11/h3-4,6-7,9-10H,1,5,8,14H2,2H3,(H,15,17). The maximum absolute atomic E-state index is 11.9. The van der Waals surface area contributed by atoms with Crippen molar-refractivity contribution in [3.63, 3.8) is 0 Å².